The summed E-state index contributed by atoms with van der Waals surface area (Å²) in [6.45, 7) is 0.850. The summed E-state index contributed by atoms with van der Waals surface area (Å²) in [4.78, 5) is 6.58. The first kappa shape index (κ1) is 27.7. The van der Waals surface area contributed by atoms with Crippen molar-refractivity contribution in [2.75, 3.05) is 16.8 Å². The molecule has 12 heteroatoms. The summed E-state index contributed by atoms with van der Waals surface area (Å²) >= 11 is 0. The quantitative estimate of drug-likeness (QED) is 0.288. The first-order valence-electron chi connectivity index (χ1n) is 13.8. The SMILES string of the molecule is FC(F)(F)Oc1ccc(-c2cnc(N[C@@H]3CCCC[C@H]3N[C@H]3C[C@@H]4C[C@H]3N(c3ccc(C(F)(F)F)cc3)C4)o2)cc1. The van der Waals surface area contributed by atoms with Crippen molar-refractivity contribution in [3.8, 4) is 17.1 Å². The van der Waals surface area contributed by atoms with Crippen LogP contribution in [0.2, 0.25) is 0 Å². The monoisotopic (exact) mass is 580 g/mol. The highest BCUT2D eigenvalue weighted by Gasteiger charge is 2.46. The first-order valence-corrected chi connectivity index (χ1v) is 13.8. The zero-order valence-corrected chi connectivity index (χ0v) is 22.0. The summed E-state index contributed by atoms with van der Waals surface area (Å²) < 4.78 is 86.2. The highest BCUT2D eigenvalue weighted by atomic mass is 19.4. The topological polar surface area (TPSA) is 62.6 Å². The van der Waals surface area contributed by atoms with Crippen LogP contribution in [0.4, 0.5) is 38.0 Å². The fourth-order valence-electron chi connectivity index (χ4n) is 6.58. The maximum Gasteiger partial charge on any atom is 0.573 e. The molecule has 2 aromatic carbocycles. The number of halogens is 6. The molecule has 2 saturated carbocycles. The molecule has 2 aliphatic carbocycles. The van der Waals surface area contributed by atoms with Crippen molar-refractivity contribution < 1.29 is 35.5 Å². The molecule has 0 spiro atoms. The number of oxazole rings is 1. The molecule has 3 aliphatic rings. The molecule has 0 unspecified atom stereocenters. The molecule has 1 aliphatic heterocycles. The summed E-state index contributed by atoms with van der Waals surface area (Å²) in [5, 5.41) is 7.27. The predicted octanol–water partition coefficient (Wildman–Crippen LogP) is 7.24. The molecule has 3 fully saturated rings. The number of hydrogen-bond donors (Lipinski definition) is 2. The Balaban J connectivity index is 1.09. The number of benzene rings is 2. The molecule has 1 saturated heterocycles. The number of ether oxygens (including phenoxy) is 1. The highest BCUT2D eigenvalue weighted by Crippen LogP contribution is 2.42. The number of fused-ring (bicyclic) bond motifs is 2. The normalized spacial score (nSPS) is 26.4. The van der Waals surface area contributed by atoms with E-state index in [9.17, 15) is 26.3 Å². The summed E-state index contributed by atoms with van der Waals surface area (Å²) in [5.41, 5.74) is 0.753. The zero-order chi connectivity index (χ0) is 28.8. The van der Waals surface area contributed by atoms with Crippen LogP contribution in [0, 0.1) is 5.92 Å². The molecule has 2 bridgehead atoms. The second-order valence-electron chi connectivity index (χ2n) is 11.1. The van der Waals surface area contributed by atoms with Gasteiger partial charge in [-0.1, -0.05) is 12.8 Å². The fraction of sp³-hybridized carbons (Fsp3) is 0.483. The number of piperidine rings is 1. The van der Waals surface area contributed by atoms with E-state index in [4.69, 9.17) is 4.42 Å². The van der Waals surface area contributed by atoms with Crippen LogP contribution in [-0.4, -0.2) is 42.1 Å². The third kappa shape index (κ3) is 6.27. The average molecular weight is 581 g/mol. The number of rotatable bonds is 7. The van der Waals surface area contributed by atoms with Crippen LogP contribution in [0.1, 0.15) is 44.1 Å². The van der Waals surface area contributed by atoms with Crippen LogP contribution in [0.5, 0.6) is 5.75 Å². The van der Waals surface area contributed by atoms with E-state index in [-0.39, 0.29) is 29.9 Å². The number of aromatic nitrogens is 1. The number of hydrogen-bond acceptors (Lipinski definition) is 6. The van der Waals surface area contributed by atoms with E-state index in [0.29, 0.717) is 23.3 Å². The molecule has 5 atom stereocenters. The Morgan fingerprint density at radius 2 is 1.56 bits per heavy atom. The Hall–Kier alpha value is -3.41. The average Bonchev–Trinajstić information content (AvgIpc) is 3.65. The van der Waals surface area contributed by atoms with Gasteiger partial charge in [0.2, 0.25) is 0 Å². The van der Waals surface area contributed by atoms with Crippen LogP contribution < -0.4 is 20.3 Å². The molecule has 2 heterocycles. The van der Waals surface area contributed by atoms with Gasteiger partial charge >= 0.3 is 12.5 Å². The van der Waals surface area contributed by atoms with Crippen molar-refractivity contribution in [2.45, 2.75) is 75.2 Å². The van der Waals surface area contributed by atoms with Gasteiger partial charge in [-0.25, -0.2) is 4.98 Å². The lowest BCUT2D eigenvalue weighted by Gasteiger charge is -2.40. The van der Waals surface area contributed by atoms with Gasteiger partial charge in [0.1, 0.15) is 5.75 Å². The molecular formula is C29H30F6N4O2. The number of nitrogens with zero attached hydrogens (tertiary/aromatic N) is 2. The lowest BCUT2D eigenvalue weighted by atomic mass is 9.89. The van der Waals surface area contributed by atoms with E-state index in [1.54, 1.807) is 12.1 Å². The third-order valence-electron chi connectivity index (χ3n) is 8.39. The summed E-state index contributed by atoms with van der Waals surface area (Å²) in [5.74, 6) is 0.608. The van der Waals surface area contributed by atoms with Crippen molar-refractivity contribution >= 4 is 11.7 Å². The maximum atomic E-state index is 13.0. The molecular weight excluding hydrogens is 550 g/mol. The molecule has 0 amide bonds. The summed E-state index contributed by atoms with van der Waals surface area (Å²) in [6.07, 6.45) is -1.50. The van der Waals surface area contributed by atoms with Crippen LogP contribution >= 0.6 is 0 Å². The number of alkyl halides is 6. The number of anilines is 2. The van der Waals surface area contributed by atoms with Crippen molar-refractivity contribution in [1.82, 2.24) is 10.3 Å². The Morgan fingerprint density at radius 3 is 2.22 bits per heavy atom. The van der Waals surface area contributed by atoms with E-state index < -0.39 is 18.1 Å². The van der Waals surface area contributed by atoms with Crippen LogP contribution in [-0.2, 0) is 6.18 Å². The first-order chi connectivity index (χ1) is 19.5. The largest absolute Gasteiger partial charge is 0.573 e. The molecule has 41 heavy (non-hydrogen) atoms. The van der Waals surface area contributed by atoms with Gasteiger partial charge in [-0.15, -0.1) is 13.2 Å². The molecule has 2 N–H and O–H groups in total. The maximum absolute atomic E-state index is 13.0. The van der Waals surface area contributed by atoms with Crippen molar-refractivity contribution in [3.05, 3.63) is 60.3 Å². The lowest BCUT2D eigenvalue weighted by molar-refractivity contribution is -0.274. The van der Waals surface area contributed by atoms with Crippen LogP contribution in [0.3, 0.4) is 0 Å². The van der Waals surface area contributed by atoms with Crippen molar-refractivity contribution in [2.24, 2.45) is 5.92 Å². The lowest BCUT2D eigenvalue weighted by Crippen LogP contribution is -2.56. The molecule has 1 aromatic heterocycles. The molecule has 3 aromatic rings. The summed E-state index contributed by atoms with van der Waals surface area (Å²) in [7, 11) is 0. The van der Waals surface area contributed by atoms with Crippen LogP contribution in [0.25, 0.3) is 11.3 Å². The van der Waals surface area contributed by atoms with Crippen molar-refractivity contribution in [1.29, 1.82) is 0 Å². The van der Waals surface area contributed by atoms with E-state index in [1.807, 2.05) is 0 Å². The molecule has 6 nitrogen and oxygen atoms in total. The molecule has 0 radical (unpaired) electrons. The third-order valence-corrected chi connectivity index (χ3v) is 8.39. The van der Waals surface area contributed by atoms with Gasteiger partial charge in [0.15, 0.2) is 5.76 Å². The van der Waals surface area contributed by atoms with Gasteiger partial charge < -0.3 is 24.7 Å². The van der Waals surface area contributed by atoms with Gasteiger partial charge in [-0.2, -0.15) is 13.2 Å². The van der Waals surface area contributed by atoms with E-state index in [2.05, 4.69) is 25.3 Å². The second kappa shape index (κ2) is 10.8. The highest BCUT2D eigenvalue weighted by molar-refractivity contribution is 5.58. The van der Waals surface area contributed by atoms with E-state index in [1.165, 1.54) is 30.5 Å². The Bertz CT molecular complexity index is 1320. The van der Waals surface area contributed by atoms with Gasteiger partial charge in [0, 0.05) is 42.0 Å². The Morgan fingerprint density at radius 1 is 0.854 bits per heavy atom. The predicted molar refractivity (Wildman–Crippen MR) is 141 cm³/mol. The second-order valence-corrected chi connectivity index (χ2v) is 11.1. The van der Waals surface area contributed by atoms with Gasteiger partial charge in [0.25, 0.3) is 6.01 Å². The van der Waals surface area contributed by atoms with Crippen molar-refractivity contribution in [3.63, 3.8) is 0 Å². The standard InChI is InChI=1S/C29H30F6N4O2/c30-28(31,32)19-7-9-20(10-8-19)39-16-17-13-24(25(39)14-17)37-22-3-1-2-4-23(22)38-27-36-15-26(40-27)18-5-11-21(12-6-18)41-29(33,34)35/h5-12,15,17,22-25,37H,1-4,13-14,16H2,(H,36,38)/t17-,22-,23-,24+,25-/m1/s1. The zero-order valence-electron chi connectivity index (χ0n) is 22.0. The van der Waals surface area contributed by atoms with E-state index in [0.717, 1.165) is 62.9 Å². The van der Waals surface area contributed by atoms with Crippen LogP contribution in [0.15, 0.2) is 59.1 Å². The minimum absolute atomic E-state index is 0.0662. The molecule has 220 valence electrons. The van der Waals surface area contributed by atoms with E-state index >= 15 is 0 Å². The fourth-order valence-corrected chi connectivity index (χ4v) is 6.58. The smallest absolute Gasteiger partial charge is 0.424 e. The van der Waals surface area contributed by atoms with Gasteiger partial charge in [-0.05, 0) is 80.1 Å². The Kier molecular flexibility index (Phi) is 7.29. The van der Waals surface area contributed by atoms with Gasteiger partial charge in [-0.3, -0.25) is 0 Å². The summed E-state index contributed by atoms with van der Waals surface area (Å²) in [6, 6.07) is 11.9. The number of nitrogens with one attached hydrogen (secondary N) is 2. The minimum atomic E-state index is -4.76. The minimum Gasteiger partial charge on any atom is -0.424 e. The molecule has 6 rings (SSSR count). The van der Waals surface area contributed by atoms with Gasteiger partial charge in [0.05, 0.1) is 11.8 Å². The Labute approximate surface area is 233 Å².